The molecule has 0 amide bonds. The zero-order valence-electron chi connectivity index (χ0n) is 13.8. The van der Waals surface area contributed by atoms with Crippen LogP contribution in [0.15, 0.2) is 30.3 Å². The van der Waals surface area contributed by atoms with Gasteiger partial charge >= 0.3 is 7.80 Å². The molecule has 1 saturated heterocycles. The zero-order chi connectivity index (χ0) is 16.8. The molecule has 1 aromatic rings. The molecule has 122 valence electrons. The van der Waals surface area contributed by atoms with Crippen molar-refractivity contribution >= 4 is 13.1 Å². The van der Waals surface area contributed by atoms with Crippen molar-refractivity contribution in [2.75, 3.05) is 7.11 Å². The van der Waals surface area contributed by atoms with E-state index in [1.54, 1.807) is 26.0 Å². The second kappa shape index (κ2) is 5.66. The summed E-state index contributed by atoms with van der Waals surface area (Å²) in [7, 11) is -0.553. The van der Waals surface area contributed by atoms with Crippen LogP contribution in [0.1, 0.15) is 34.1 Å². The minimum Gasteiger partial charge on any atom is -0.362 e. The quantitative estimate of drug-likeness (QED) is 0.660. The molecule has 1 aliphatic heterocycles. The fraction of sp³-hybridized carbons (Fsp3) is 0.625. The van der Waals surface area contributed by atoms with Gasteiger partial charge in [-0.2, -0.15) is 5.06 Å². The standard InChI is InChI=1S/C16H25NO4P/c1-14(2)11-16(18,21-5)13(15(3,4)17(14)19)22(20)12-9-7-6-8-10-12/h6-10,13,18-19H,11H2,1-5H3/q+1. The van der Waals surface area contributed by atoms with E-state index in [1.165, 1.54) is 12.2 Å². The summed E-state index contributed by atoms with van der Waals surface area (Å²) < 4.78 is 18.5. The number of aliphatic hydroxyl groups is 1. The third-order valence-electron chi connectivity index (χ3n) is 4.50. The maximum Gasteiger partial charge on any atom is 0.387 e. The van der Waals surface area contributed by atoms with E-state index < -0.39 is 30.3 Å². The Morgan fingerprint density at radius 1 is 1.23 bits per heavy atom. The molecule has 1 fully saturated rings. The Bertz CT molecular complexity index is 556. The molecule has 5 nitrogen and oxygen atoms in total. The van der Waals surface area contributed by atoms with Gasteiger partial charge in [-0.05, 0) is 39.8 Å². The van der Waals surface area contributed by atoms with Crippen LogP contribution in [-0.4, -0.2) is 45.0 Å². The maximum absolute atomic E-state index is 13.1. The topological polar surface area (TPSA) is 70.0 Å². The van der Waals surface area contributed by atoms with E-state index >= 15 is 0 Å². The van der Waals surface area contributed by atoms with Gasteiger partial charge in [0.25, 0.3) is 0 Å². The van der Waals surface area contributed by atoms with Gasteiger partial charge in [-0.15, -0.1) is 0 Å². The normalized spacial score (nSPS) is 31.8. The lowest BCUT2D eigenvalue weighted by molar-refractivity contribution is -0.320. The van der Waals surface area contributed by atoms with E-state index in [9.17, 15) is 14.9 Å². The Labute approximate surface area is 132 Å². The predicted octanol–water partition coefficient (Wildman–Crippen LogP) is 2.50. The first-order valence-corrected chi connectivity index (χ1v) is 8.67. The van der Waals surface area contributed by atoms with Gasteiger partial charge in [-0.1, -0.05) is 22.8 Å². The summed E-state index contributed by atoms with van der Waals surface area (Å²) in [5.74, 6) is -1.57. The molecule has 3 unspecified atom stereocenters. The smallest absolute Gasteiger partial charge is 0.362 e. The molecule has 0 saturated carbocycles. The maximum atomic E-state index is 13.1. The highest BCUT2D eigenvalue weighted by Crippen LogP contribution is 2.52. The van der Waals surface area contributed by atoms with Crippen LogP contribution in [0.2, 0.25) is 0 Å². The zero-order valence-corrected chi connectivity index (χ0v) is 14.7. The van der Waals surface area contributed by atoms with Crippen LogP contribution in [0.3, 0.4) is 0 Å². The van der Waals surface area contributed by atoms with E-state index in [1.807, 2.05) is 32.0 Å². The van der Waals surface area contributed by atoms with Crippen LogP contribution in [0.25, 0.3) is 0 Å². The van der Waals surface area contributed by atoms with Crippen molar-refractivity contribution in [2.24, 2.45) is 0 Å². The molecule has 2 rings (SSSR count). The minimum absolute atomic E-state index is 0.162. The molecule has 0 spiro atoms. The monoisotopic (exact) mass is 326 g/mol. The van der Waals surface area contributed by atoms with Crippen molar-refractivity contribution in [3.8, 4) is 0 Å². The number of hydrogen-bond acceptors (Lipinski definition) is 5. The van der Waals surface area contributed by atoms with E-state index in [-0.39, 0.29) is 6.42 Å². The third-order valence-corrected chi connectivity index (χ3v) is 6.81. The molecule has 0 bridgehead atoms. The van der Waals surface area contributed by atoms with Gasteiger partial charge in [0, 0.05) is 19.1 Å². The van der Waals surface area contributed by atoms with Gasteiger partial charge < -0.3 is 15.1 Å². The number of methoxy groups -OCH3 is 1. The van der Waals surface area contributed by atoms with Crippen molar-refractivity contribution in [3.63, 3.8) is 0 Å². The molecular formula is C16H25NO4P+. The molecule has 1 aromatic carbocycles. The molecule has 0 aromatic heterocycles. The first kappa shape index (κ1) is 17.5. The summed E-state index contributed by atoms with van der Waals surface area (Å²) in [5, 5.41) is 23.5. The summed E-state index contributed by atoms with van der Waals surface area (Å²) in [6, 6.07) is 9.01. The molecule has 1 aliphatic rings. The number of piperidine rings is 1. The van der Waals surface area contributed by atoms with Crippen molar-refractivity contribution in [2.45, 2.75) is 56.6 Å². The van der Waals surface area contributed by atoms with Gasteiger partial charge in [-0.25, -0.2) is 0 Å². The summed E-state index contributed by atoms with van der Waals surface area (Å²) >= 11 is 0. The van der Waals surface area contributed by atoms with Crippen LogP contribution in [0.4, 0.5) is 0 Å². The average Bonchev–Trinajstić information content (AvgIpc) is 2.45. The van der Waals surface area contributed by atoms with Crippen molar-refractivity contribution in [1.29, 1.82) is 0 Å². The molecule has 1 heterocycles. The fourth-order valence-corrected chi connectivity index (χ4v) is 5.63. The first-order chi connectivity index (χ1) is 10.1. The molecular weight excluding hydrogens is 301 g/mol. The van der Waals surface area contributed by atoms with Gasteiger partial charge in [0.05, 0.1) is 5.54 Å². The third kappa shape index (κ3) is 2.72. The second-order valence-electron chi connectivity index (χ2n) is 7.07. The Kier molecular flexibility index (Phi) is 4.51. The lowest BCUT2D eigenvalue weighted by Crippen LogP contribution is -2.72. The highest BCUT2D eigenvalue weighted by atomic mass is 31.1. The Balaban J connectivity index is 2.53. The number of rotatable bonds is 3. The molecule has 0 radical (unpaired) electrons. The van der Waals surface area contributed by atoms with E-state index in [2.05, 4.69) is 0 Å². The van der Waals surface area contributed by atoms with E-state index in [0.717, 1.165) is 0 Å². The van der Waals surface area contributed by atoms with Crippen LogP contribution < -0.4 is 5.30 Å². The molecule has 6 heteroatoms. The molecule has 2 N–H and O–H groups in total. The SMILES string of the molecule is COC1(O)CC(C)(C)N(O)C(C)(C)C1[P+](=O)c1ccccc1. The molecule has 22 heavy (non-hydrogen) atoms. The van der Waals surface area contributed by atoms with Gasteiger partial charge in [0.2, 0.25) is 11.4 Å². The Hall–Kier alpha value is -0.840. The number of nitrogens with zero attached hydrogens (tertiary/aromatic N) is 1. The first-order valence-electron chi connectivity index (χ1n) is 7.34. The van der Waals surface area contributed by atoms with Crippen LogP contribution >= 0.6 is 7.80 Å². The van der Waals surface area contributed by atoms with Crippen LogP contribution in [0, 0.1) is 0 Å². The van der Waals surface area contributed by atoms with Crippen LogP contribution in [-0.2, 0) is 9.30 Å². The highest BCUT2D eigenvalue weighted by molar-refractivity contribution is 7.54. The lowest BCUT2D eigenvalue weighted by atomic mass is 9.77. The lowest BCUT2D eigenvalue weighted by Gasteiger charge is -2.54. The number of benzene rings is 1. The predicted molar refractivity (Wildman–Crippen MR) is 85.8 cm³/mol. The fourth-order valence-electron chi connectivity index (χ4n) is 3.62. The Morgan fingerprint density at radius 2 is 1.77 bits per heavy atom. The second-order valence-corrected chi connectivity index (χ2v) is 8.75. The van der Waals surface area contributed by atoms with Crippen molar-refractivity contribution < 1.29 is 19.6 Å². The summed E-state index contributed by atoms with van der Waals surface area (Å²) in [6.45, 7) is 7.20. The summed E-state index contributed by atoms with van der Waals surface area (Å²) in [5.41, 5.74) is -2.38. The Morgan fingerprint density at radius 3 is 2.27 bits per heavy atom. The minimum atomic E-state index is -1.97. The largest absolute Gasteiger partial charge is 0.387 e. The van der Waals surface area contributed by atoms with Gasteiger partial charge in [0.15, 0.2) is 5.30 Å². The molecule has 3 atom stereocenters. The number of hydrogen-bond donors (Lipinski definition) is 2. The highest BCUT2D eigenvalue weighted by Gasteiger charge is 2.67. The van der Waals surface area contributed by atoms with Crippen LogP contribution in [0.5, 0.6) is 0 Å². The van der Waals surface area contributed by atoms with E-state index in [0.29, 0.717) is 5.30 Å². The van der Waals surface area contributed by atoms with Gasteiger partial charge in [-0.3, -0.25) is 0 Å². The van der Waals surface area contributed by atoms with E-state index in [4.69, 9.17) is 4.74 Å². The summed E-state index contributed by atoms with van der Waals surface area (Å²) in [6.07, 6.45) is 0.162. The molecule has 0 aliphatic carbocycles. The summed E-state index contributed by atoms with van der Waals surface area (Å²) in [4.78, 5) is 0. The van der Waals surface area contributed by atoms with Gasteiger partial charge in [0.1, 0.15) is 0 Å². The number of hydroxylamine groups is 2. The van der Waals surface area contributed by atoms with Crippen molar-refractivity contribution in [1.82, 2.24) is 5.06 Å². The van der Waals surface area contributed by atoms with Crippen molar-refractivity contribution in [3.05, 3.63) is 30.3 Å². The average molecular weight is 326 g/mol. The number of ether oxygens (including phenoxy) is 1.